The fourth-order valence-corrected chi connectivity index (χ4v) is 2.21. The fourth-order valence-electron chi connectivity index (χ4n) is 2.02. The molecular formula is C12H17Cl2FN2. The Morgan fingerprint density at radius 1 is 1.35 bits per heavy atom. The lowest BCUT2D eigenvalue weighted by Gasteiger charge is -2.30. The highest BCUT2D eigenvalue weighted by Crippen LogP contribution is 2.18. The standard InChI is InChI=1S/C12H16ClFN2.ClH/c13-10-1-2-12(14)9(7-10)8-16-5-3-11(15)4-6-16;/h1-2,7,11H,3-6,8,15H2;1H. The third kappa shape index (κ3) is 4.11. The Kier molecular flexibility index (Phi) is 5.67. The van der Waals surface area contributed by atoms with Crippen LogP contribution in [0.25, 0.3) is 0 Å². The summed E-state index contributed by atoms with van der Waals surface area (Å²) in [4.78, 5) is 2.22. The van der Waals surface area contributed by atoms with Crippen molar-refractivity contribution in [1.29, 1.82) is 0 Å². The first-order chi connectivity index (χ1) is 7.65. The first-order valence-electron chi connectivity index (χ1n) is 5.57. The normalized spacial score (nSPS) is 17.8. The summed E-state index contributed by atoms with van der Waals surface area (Å²) >= 11 is 5.85. The minimum absolute atomic E-state index is 0. The number of hydrogen-bond donors (Lipinski definition) is 1. The van der Waals surface area contributed by atoms with Crippen molar-refractivity contribution in [3.8, 4) is 0 Å². The molecule has 5 heteroatoms. The lowest BCUT2D eigenvalue weighted by atomic mass is 10.1. The van der Waals surface area contributed by atoms with Gasteiger partial charge in [-0.25, -0.2) is 4.39 Å². The van der Waals surface area contributed by atoms with Crippen LogP contribution >= 0.6 is 24.0 Å². The molecular weight excluding hydrogens is 262 g/mol. The molecule has 0 radical (unpaired) electrons. The lowest BCUT2D eigenvalue weighted by molar-refractivity contribution is 0.203. The van der Waals surface area contributed by atoms with Crippen LogP contribution < -0.4 is 5.73 Å². The molecule has 1 aliphatic rings. The number of piperidine rings is 1. The highest BCUT2D eigenvalue weighted by Gasteiger charge is 2.17. The van der Waals surface area contributed by atoms with E-state index in [4.69, 9.17) is 17.3 Å². The van der Waals surface area contributed by atoms with Crippen LogP contribution in [0.1, 0.15) is 18.4 Å². The van der Waals surface area contributed by atoms with Gasteiger partial charge in [0, 0.05) is 23.2 Å². The van der Waals surface area contributed by atoms with Crippen molar-refractivity contribution in [2.75, 3.05) is 13.1 Å². The van der Waals surface area contributed by atoms with Crippen LogP contribution in [-0.4, -0.2) is 24.0 Å². The van der Waals surface area contributed by atoms with Gasteiger partial charge in [-0.15, -0.1) is 12.4 Å². The predicted molar refractivity (Wildman–Crippen MR) is 71.1 cm³/mol. The molecule has 0 atom stereocenters. The fraction of sp³-hybridized carbons (Fsp3) is 0.500. The van der Waals surface area contributed by atoms with E-state index in [0.717, 1.165) is 25.9 Å². The van der Waals surface area contributed by atoms with Crippen LogP contribution in [0.3, 0.4) is 0 Å². The molecule has 2 nitrogen and oxygen atoms in total. The van der Waals surface area contributed by atoms with Gasteiger partial charge in [-0.1, -0.05) is 11.6 Å². The molecule has 96 valence electrons. The van der Waals surface area contributed by atoms with Gasteiger partial charge < -0.3 is 5.73 Å². The number of nitrogens with zero attached hydrogens (tertiary/aromatic N) is 1. The van der Waals surface area contributed by atoms with Gasteiger partial charge >= 0.3 is 0 Å². The molecule has 1 aliphatic heterocycles. The molecule has 0 unspecified atom stereocenters. The molecule has 0 aliphatic carbocycles. The molecule has 0 spiro atoms. The Balaban J connectivity index is 0.00000144. The lowest BCUT2D eigenvalue weighted by Crippen LogP contribution is -2.39. The molecule has 1 heterocycles. The maximum atomic E-state index is 13.5. The van der Waals surface area contributed by atoms with Gasteiger partial charge in [-0.2, -0.15) is 0 Å². The first kappa shape index (κ1) is 14.7. The van der Waals surface area contributed by atoms with E-state index in [2.05, 4.69) is 4.90 Å². The topological polar surface area (TPSA) is 29.3 Å². The highest BCUT2D eigenvalue weighted by molar-refractivity contribution is 6.30. The van der Waals surface area contributed by atoms with Gasteiger partial charge in [0.15, 0.2) is 0 Å². The first-order valence-corrected chi connectivity index (χ1v) is 5.95. The zero-order chi connectivity index (χ0) is 11.5. The largest absolute Gasteiger partial charge is 0.328 e. The summed E-state index contributed by atoms with van der Waals surface area (Å²) in [6, 6.07) is 5.01. The van der Waals surface area contributed by atoms with Crippen LogP contribution in [0.15, 0.2) is 18.2 Å². The van der Waals surface area contributed by atoms with E-state index in [9.17, 15) is 4.39 Å². The van der Waals surface area contributed by atoms with E-state index in [1.54, 1.807) is 12.1 Å². The van der Waals surface area contributed by atoms with E-state index >= 15 is 0 Å². The van der Waals surface area contributed by atoms with Crippen molar-refractivity contribution >= 4 is 24.0 Å². The Bertz CT molecular complexity index is 366. The van der Waals surface area contributed by atoms with E-state index < -0.39 is 0 Å². The molecule has 2 rings (SSSR count). The second-order valence-corrected chi connectivity index (χ2v) is 4.79. The van der Waals surface area contributed by atoms with Crippen molar-refractivity contribution in [2.24, 2.45) is 5.73 Å². The summed E-state index contributed by atoms with van der Waals surface area (Å²) in [5.74, 6) is -0.181. The maximum Gasteiger partial charge on any atom is 0.127 e. The Labute approximate surface area is 112 Å². The number of hydrogen-bond acceptors (Lipinski definition) is 2. The van der Waals surface area contributed by atoms with Crippen molar-refractivity contribution < 1.29 is 4.39 Å². The molecule has 0 amide bonds. The molecule has 2 N–H and O–H groups in total. The van der Waals surface area contributed by atoms with E-state index in [0.29, 0.717) is 23.2 Å². The molecule has 1 saturated heterocycles. The van der Waals surface area contributed by atoms with Crippen LogP contribution in [0, 0.1) is 5.82 Å². The summed E-state index contributed by atoms with van der Waals surface area (Å²) in [7, 11) is 0. The monoisotopic (exact) mass is 278 g/mol. The number of benzene rings is 1. The molecule has 1 aromatic rings. The summed E-state index contributed by atoms with van der Waals surface area (Å²) < 4.78 is 13.5. The van der Waals surface area contributed by atoms with Crippen LogP contribution in [0.2, 0.25) is 5.02 Å². The Morgan fingerprint density at radius 2 is 2.00 bits per heavy atom. The Hall–Kier alpha value is -0.350. The predicted octanol–water partition coefficient (Wildman–Crippen LogP) is 2.82. The average molecular weight is 279 g/mol. The Morgan fingerprint density at radius 3 is 2.65 bits per heavy atom. The smallest absolute Gasteiger partial charge is 0.127 e. The van der Waals surface area contributed by atoms with Crippen molar-refractivity contribution in [2.45, 2.75) is 25.4 Å². The second-order valence-electron chi connectivity index (χ2n) is 4.35. The van der Waals surface area contributed by atoms with Gasteiger partial charge in [-0.3, -0.25) is 4.90 Å². The highest BCUT2D eigenvalue weighted by atomic mass is 35.5. The number of likely N-dealkylation sites (tertiary alicyclic amines) is 1. The second kappa shape index (κ2) is 6.55. The average Bonchev–Trinajstić information content (AvgIpc) is 2.27. The summed E-state index contributed by atoms with van der Waals surface area (Å²) in [6.45, 7) is 2.50. The minimum Gasteiger partial charge on any atom is -0.328 e. The minimum atomic E-state index is -0.181. The molecule has 1 aromatic carbocycles. The van der Waals surface area contributed by atoms with Crippen LogP contribution in [0.5, 0.6) is 0 Å². The maximum absolute atomic E-state index is 13.5. The van der Waals surface area contributed by atoms with Gasteiger partial charge in [0.1, 0.15) is 5.82 Å². The third-order valence-corrected chi connectivity index (χ3v) is 3.27. The number of nitrogens with two attached hydrogens (primary N) is 1. The van der Waals surface area contributed by atoms with E-state index in [1.807, 2.05) is 0 Å². The van der Waals surface area contributed by atoms with Crippen LogP contribution in [0.4, 0.5) is 4.39 Å². The third-order valence-electron chi connectivity index (χ3n) is 3.03. The number of rotatable bonds is 2. The van der Waals surface area contributed by atoms with Crippen molar-refractivity contribution in [3.05, 3.63) is 34.6 Å². The van der Waals surface area contributed by atoms with Crippen molar-refractivity contribution in [3.63, 3.8) is 0 Å². The quantitative estimate of drug-likeness (QED) is 0.902. The van der Waals surface area contributed by atoms with Gasteiger partial charge in [0.05, 0.1) is 0 Å². The van der Waals surface area contributed by atoms with E-state index in [-0.39, 0.29) is 18.2 Å². The molecule has 0 saturated carbocycles. The van der Waals surface area contributed by atoms with Gasteiger partial charge in [-0.05, 0) is 44.1 Å². The summed E-state index contributed by atoms with van der Waals surface area (Å²) in [5.41, 5.74) is 6.49. The van der Waals surface area contributed by atoms with Gasteiger partial charge in [0.25, 0.3) is 0 Å². The number of halogens is 3. The summed E-state index contributed by atoms with van der Waals surface area (Å²) in [5, 5.41) is 0.588. The zero-order valence-corrected chi connectivity index (χ0v) is 11.1. The molecule has 1 fully saturated rings. The van der Waals surface area contributed by atoms with E-state index in [1.165, 1.54) is 6.07 Å². The molecule has 17 heavy (non-hydrogen) atoms. The zero-order valence-electron chi connectivity index (χ0n) is 9.53. The van der Waals surface area contributed by atoms with Crippen molar-refractivity contribution in [1.82, 2.24) is 4.90 Å². The van der Waals surface area contributed by atoms with Crippen LogP contribution in [-0.2, 0) is 6.54 Å². The molecule has 0 aromatic heterocycles. The SMILES string of the molecule is Cl.NC1CCN(Cc2cc(Cl)ccc2F)CC1. The van der Waals surface area contributed by atoms with Gasteiger partial charge in [0.2, 0.25) is 0 Å². The summed E-state index contributed by atoms with van der Waals surface area (Å²) in [6.07, 6.45) is 1.98. The molecule has 0 bridgehead atoms.